The average molecular weight is 261 g/mol. The molecule has 1 heterocycles. The summed E-state index contributed by atoms with van der Waals surface area (Å²) in [6.45, 7) is 6.20. The van der Waals surface area contributed by atoms with Gasteiger partial charge < -0.3 is 5.32 Å². The molecule has 2 aromatic rings. The second-order valence-corrected chi connectivity index (χ2v) is 5.01. The van der Waals surface area contributed by atoms with E-state index in [0.717, 1.165) is 11.3 Å². The summed E-state index contributed by atoms with van der Waals surface area (Å²) in [5.41, 5.74) is 3.31. The van der Waals surface area contributed by atoms with Crippen LogP contribution in [0.4, 0.5) is 4.39 Å². The molecule has 4 heteroatoms. The van der Waals surface area contributed by atoms with Crippen molar-refractivity contribution < 1.29 is 4.39 Å². The van der Waals surface area contributed by atoms with Gasteiger partial charge in [-0.25, -0.2) is 4.39 Å². The minimum absolute atomic E-state index is 0.162. The molecular weight excluding hydrogens is 241 g/mol. The van der Waals surface area contributed by atoms with Crippen molar-refractivity contribution in [2.75, 3.05) is 0 Å². The second-order valence-electron chi connectivity index (χ2n) is 5.01. The molecule has 0 bridgehead atoms. The van der Waals surface area contributed by atoms with Gasteiger partial charge in [0.05, 0.1) is 5.69 Å². The van der Waals surface area contributed by atoms with Gasteiger partial charge in [0.15, 0.2) is 0 Å². The highest BCUT2D eigenvalue weighted by atomic mass is 19.1. The van der Waals surface area contributed by atoms with E-state index < -0.39 is 0 Å². The third kappa shape index (κ3) is 3.20. The molecular formula is C15H20FN3. The monoisotopic (exact) mass is 261 g/mol. The number of nitrogens with one attached hydrogen (secondary N) is 1. The molecule has 0 radical (unpaired) electrons. The van der Waals surface area contributed by atoms with Crippen molar-refractivity contribution in [2.24, 2.45) is 7.05 Å². The van der Waals surface area contributed by atoms with E-state index in [-0.39, 0.29) is 17.9 Å². The SMILES string of the molecule is Cc1nn(C)cc1C(C)N[C@H](C)c1ccc(F)cc1. The fourth-order valence-electron chi connectivity index (χ4n) is 2.36. The molecule has 0 spiro atoms. The van der Waals surface area contributed by atoms with Crippen LogP contribution in [0, 0.1) is 12.7 Å². The standard InChI is InChI=1S/C15H20FN3/c1-10(13-5-7-14(16)8-6-13)17-11(2)15-9-19(4)18-12(15)3/h5-11,17H,1-4H3/t10-,11?/m1/s1. The zero-order valence-electron chi connectivity index (χ0n) is 11.8. The maximum absolute atomic E-state index is 12.9. The first-order chi connectivity index (χ1) is 8.97. The zero-order valence-corrected chi connectivity index (χ0v) is 11.8. The minimum Gasteiger partial charge on any atom is -0.304 e. The second kappa shape index (κ2) is 5.53. The number of benzene rings is 1. The third-order valence-corrected chi connectivity index (χ3v) is 3.39. The lowest BCUT2D eigenvalue weighted by molar-refractivity contribution is 0.492. The van der Waals surface area contributed by atoms with Gasteiger partial charge in [-0.1, -0.05) is 12.1 Å². The predicted octanol–water partition coefficient (Wildman–Crippen LogP) is 3.28. The molecule has 0 fully saturated rings. The molecule has 0 aliphatic carbocycles. The molecule has 1 aromatic carbocycles. The van der Waals surface area contributed by atoms with Crippen molar-refractivity contribution >= 4 is 0 Å². The lowest BCUT2D eigenvalue weighted by Gasteiger charge is -2.20. The molecule has 0 aliphatic heterocycles. The number of rotatable bonds is 4. The Morgan fingerprint density at radius 2 is 1.79 bits per heavy atom. The van der Waals surface area contributed by atoms with Gasteiger partial charge >= 0.3 is 0 Å². The molecule has 2 atom stereocenters. The highest BCUT2D eigenvalue weighted by Gasteiger charge is 2.15. The van der Waals surface area contributed by atoms with Crippen LogP contribution in [0.3, 0.4) is 0 Å². The van der Waals surface area contributed by atoms with Crippen LogP contribution < -0.4 is 5.32 Å². The maximum atomic E-state index is 12.9. The Balaban J connectivity index is 2.08. The number of hydrogen-bond acceptors (Lipinski definition) is 2. The minimum atomic E-state index is -0.202. The van der Waals surface area contributed by atoms with E-state index in [1.807, 2.05) is 37.0 Å². The Bertz CT molecular complexity index is 545. The van der Waals surface area contributed by atoms with Crippen LogP contribution in [0.1, 0.15) is 42.8 Å². The topological polar surface area (TPSA) is 29.9 Å². The molecule has 0 amide bonds. The fourth-order valence-corrected chi connectivity index (χ4v) is 2.36. The van der Waals surface area contributed by atoms with E-state index >= 15 is 0 Å². The fraction of sp³-hybridized carbons (Fsp3) is 0.400. The summed E-state index contributed by atoms with van der Waals surface area (Å²) in [5, 5.41) is 7.86. The number of halogens is 1. The Morgan fingerprint density at radius 1 is 1.16 bits per heavy atom. The van der Waals surface area contributed by atoms with Gasteiger partial charge in [0.2, 0.25) is 0 Å². The summed E-state index contributed by atoms with van der Waals surface area (Å²) in [5.74, 6) is -0.202. The highest BCUT2D eigenvalue weighted by molar-refractivity contribution is 5.22. The van der Waals surface area contributed by atoms with Crippen LogP contribution >= 0.6 is 0 Å². The third-order valence-electron chi connectivity index (χ3n) is 3.39. The molecule has 102 valence electrons. The Morgan fingerprint density at radius 3 is 2.32 bits per heavy atom. The lowest BCUT2D eigenvalue weighted by atomic mass is 10.0. The van der Waals surface area contributed by atoms with E-state index in [4.69, 9.17) is 0 Å². The smallest absolute Gasteiger partial charge is 0.123 e. The first-order valence-corrected chi connectivity index (χ1v) is 6.49. The van der Waals surface area contributed by atoms with Gasteiger partial charge in [-0.15, -0.1) is 0 Å². The quantitative estimate of drug-likeness (QED) is 0.915. The van der Waals surface area contributed by atoms with E-state index in [1.54, 1.807) is 0 Å². The summed E-state index contributed by atoms with van der Waals surface area (Å²) in [6.07, 6.45) is 2.03. The summed E-state index contributed by atoms with van der Waals surface area (Å²) < 4.78 is 14.7. The predicted molar refractivity (Wildman–Crippen MR) is 74.3 cm³/mol. The van der Waals surface area contributed by atoms with Crippen molar-refractivity contribution in [3.8, 4) is 0 Å². The van der Waals surface area contributed by atoms with Crippen LogP contribution in [0.2, 0.25) is 0 Å². The van der Waals surface area contributed by atoms with Crippen molar-refractivity contribution in [1.82, 2.24) is 15.1 Å². The molecule has 19 heavy (non-hydrogen) atoms. The summed E-state index contributed by atoms with van der Waals surface area (Å²) in [4.78, 5) is 0. The molecule has 0 saturated heterocycles. The first-order valence-electron chi connectivity index (χ1n) is 6.49. The lowest BCUT2D eigenvalue weighted by Crippen LogP contribution is -2.22. The molecule has 0 aliphatic rings. The van der Waals surface area contributed by atoms with Crippen LogP contribution in [-0.4, -0.2) is 9.78 Å². The van der Waals surface area contributed by atoms with E-state index in [2.05, 4.69) is 24.3 Å². The zero-order chi connectivity index (χ0) is 14.0. The number of nitrogens with zero attached hydrogens (tertiary/aromatic N) is 2. The van der Waals surface area contributed by atoms with Crippen LogP contribution in [0.25, 0.3) is 0 Å². The Labute approximate surface area is 113 Å². The van der Waals surface area contributed by atoms with Gasteiger partial charge in [0, 0.05) is 30.9 Å². The molecule has 1 unspecified atom stereocenters. The number of aromatic nitrogens is 2. The van der Waals surface area contributed by atoms with Crippen molar-refractivity contribution in [1.29, 1.82) is 0 Å². The largest absolute Gasteiger partial charge is 0.304 e. The van der Waals surface area contributed by atoms with Crippen LogP contribution in [0.15, 0.2) is 30.5 Å². The normalized spacial score (nSPS) is 14.4. The van der Waals surface area contributed by atoms with E-state index in [1.165, 1.54) is 17.7 Å². The van der Waals surface area contributed by atoms with Gasteiger partial charge in [0.1, 0.15) is 5.82 Å². The Hall–Kier alpha value is -1.68. The van der Waals surface area contributed by atoms with Gasteiger partial charge in [-0.05, 0) is 38.5 Å². The number of hydrogen-bond donors (Lipinski definition) is 1. The maximum Gasteiger partial charge on any atom is 0.123 e. The molecule has 1 aromatic heterocycles. The van der Waals surface area contributed by atoms with Gasteiger partial charge in [-0.2, -0.15) is 5.10 Å². The first kappa shape index (κ1) is 13.7. The van der Waals surface area contributed by atoms with E-state index in [9.17, 15) is 4.39 Å². The molecule has 1 N–H and O–H groups in total. The van der Waals surface area contributed by atoms with Gasteiger partial charge in [0.25, 0.3) is 0 Å². The van der Waals surface area contributed by atoms with Crippen molar-refractivity contribution in [3.05, 3.63) is 53.1 Å². The summed E-state index contributed by atoms with van der Waals surface area (Å²) >= 11 is 0. The van der Waals surface area contributed by atoms with Crippen LogP contribution in [-0.2, 0) is 7.05 Å². The van der Waals surface area contributed by atoms with Crippen LogP contribution in [0.5, 0.6) is 0 Å². The molecule has 2 rings (SSSR count). The highest BCUT2D eigenvalue weighted by Crippen LogP contribution is 2.21. The molecule has 0 saturated carbocycles. The van der Waals surface area contributed by atoms with Crippen molar-refractivity contribution in [2.45, 2.75) is 32.9 Å². The Kier molecular flexibility index (Phi) is 4.00. The molecule has 3 nitrogen and oxygen atoms in total. The van der Waals surface area contributed by atoms with Crippen molar-refractivity contribution in [3.63, 3.8) is 0 Å². The van der Waals surface area contributed by atoms with E-state index in [0.29, 0.717) is 0 Å². The van der Waals surface area contributed by atoms with Gasteiger partial charge in [-0.3, -0.25) is 4.68 Å². The average Bonchev–Trinajstić information content (AvgIpc) is 2.69. The summed E-state index contributed by atoms with van der Waals surface area (Å²) in [6, 6.07) is 6.98. The number of aryl methyl sites for hydroxylation is 2. The summed E-state index contributed by atoms with van der Waals surface area (Å²) in [7, 11) is 1.92.